The summed E-state index contributed by atoms with van der Waals surface area (Å²) >= 11 is 6.25. The van der Waals surface area contributed by atoms with Crippen LogP contribution in [0.25, 0.3) is 5.69 Å². The van der Waals surface area contributed by atoms with Gasteiger partial charge in [0.1, 0.15) is 12.3 Å². The molecule has 0 spiro atoms. The lowest BCUT2D eigenvalue weighted by atomic mass is 10.2. The number of ether oxygens (including phenoxy) is 1. The standard InChI is InChI=1S/C13H12ClN3O3/c1-19-13(18)11-10(8-15-20-2)12(14)17(16-11)9-6-4-3-5-7-9/h3-8H,1-2H3/b15-8+. The highest BCUT2D eigenvalue weighted by molar-refractivity contribution is 6.33. The minimum absolute atomic E-state index is 0.0714. The summed E-state index contributed by atoms with van der Waals surface area (Å²) in [5.74, 6) is -0.598. The number of hydrogen-bond acceptors (Lipinski definition) is 5. The van der Waals surface area contributed by atoms with Crippen molar-refractivity contribution in [3.8, 4) is 5.69 Å². The Kier molecular flexibility index (Phi) is 4.37. The van der Waals surface area contributed by atoms with Gasteiger partial charge in [-0.15, -0.1) is 0 Å². The van der Waals surface area contributed by atoms with Gasteiger partial charge in [-0.2, -0.15) is 5.10 Å². The van der Waals surface area contributed by atoms with Gasteiger partial charge >= 0.3 is 5.97 Å². The molecule has 1 aromatic carbocycles. The zero-order valence-corrected chi connectivity index (χ0v) is 11.7. The molecule has 2 aromatic rings. The van der Waals surface area contributed by atoms with E-state index < -0.39 is 5.97 Å². The fourth-order valence-corrected chi connectivity index (χ4v) is 1.89. The van der Waals surface area contributed by atoms with Crippen LogP contribution in [0.15, 0.2) is 35.5 Å². The summed E-state index contributed by atoms with van der Waals surface area (Å²) in [5.41, 5.74) is 1.13. The number of halogens is 1. The maximum absolute atomic E-state index is 11.7. The van der Waals surface area contributed by atoms with Crippen LogP contribution in [0.4, 0.5) is 0 Å². The number of rotatable bonds is 4. The van der Waals surface area contributed by atoms with Gasteiger partial charge in [-0.1, -0.05) is 35.0 Å². The predicted octanol–water partition coefficient (Wildman–Crippen LogP) is 2.29. The summed E-state index contributed by atoms with van der Waals surface area (Å²) < 4.78 is 6.12. The second-order valence-corrected chi connectivity index (χ2v) is 4.07. The van der Waals surface area contributed by atoms with E-state index in [4.69, 9.17) is 11.6 Å². The van der Waals surface area contributed by atoms with E-state index in [1.807, 2.05) is 30.3 Å². The maximum atomic E-state index is 11.7. The Morgan fingerprint density at radius 1 is 1.35 bits per heavy atom. The van der Waals surface area contributed by atoms with Crippen molar-refractivity contribution in [3.63, 3.8) is 0 Å². The van der Waals surface area contributed by atoms with Crippen molar-refractivity contribution in [1.82, 2.24) is 9.78 Å². The second kappa shape index (κ2) is 6.21. The Hall–Kier alpha value is -2.34. The monoisotopic (exact) mass is 293 g/mol. The molecule has 0 saturated heterocycles. The molecule has 0 atom stereocenters. The number of nitrogens with zero attached hydrogens (tertiary/aromatic N) is 3. The highest BCUT2D eigenvalue weighted by atomic mass is 35.5. The number of methoxy groups -OCH3 is 1. The van der Waals surface area contributed by atoms with E-state index in [1.165, 1.54) is 25.1 Å². The lowest BCUT2D eigenvalue weighted by molar-refractivity contribution is 0.0593. The van der Waals surface area contributed by atoms with Crippen molar-refractivity contribution in [1.29, 1.82) is 0 Å². The number of esters is 1. The number of hydrogen-bond donors (Lipinski definition) is 0. The predicted molar refractivity (Wildman–Crippen MR) is 74.5 cm³/mol. The molecule has 20 heavy (non-hydrogen) atoms. The van der Waals surface area contributed by atoms with E-state index in [2.05, 4.69) is 19.8 Å². The highest BCUT2D eigenvalue weighted by Crippen LogP contribution is 2.23. The number of oxime groups is 1. The zero-order chi connectivity index (χ0) is 14.5. The Bertz CT molecular complexity index is 638. The third kappa shape index (κ3) is 2.65. The average molecular weight is 294 g/mol. The van der Waals surface area contributed by atoms with Gasteiger partial charge in [0, 0.05) is 0 Å². The minimum atomic E-state index is -0.598. The lowest BCUT2D eigenvalue weighted by Gasteiger charge is -2.01. The first-order valence-corrected chi connectivity index (χ1v) is 6.05. The SMILES string of the molecule is CO/N=C/c1c(C(=O)OC)nn(-c2ccccc2)c1Cl. The van der Waals surface area contributed by atoms with Gasteiger partial charge in [0.05, 0.1) is 24.6 Å². The van der Waals surface area contributed by atoms with Crippen LogP contribution < -0.4 is 0 Å². The van der Waals surface area contributed by atoms with Gasteiger partial charge in [0.2, 0.25) is 0 Å². The molecule has 0 aliphatic heterocycles. The zero-order valence-electron chi connectivity index (χ0n) is 10.9. The van der Waals surface area contributed by atoms with E-state index in [9.17, 15) is 4.79 Å². The number of para-hydroxylation sites is 1. The van der Waals surface area contributed by atoms with Crippen molar-refractivity contribution >= 4 is 23.8 Å². The van der Waals surface area contributed by atoms with E-state index in [0.29, 0.717) is 5.56 Å². The van der Waals surface area contributed by atoms with E-state index in [0.717, 1.165) is 5.69 Å². The van der Waals surface area contributed by atoms with Crippen molar-refractivity contribution in [3.05, 3.63) is 46.7 Å². The number of carbonyl (C=O) groups is 1. The Morgan fingerprint density at radius 3 is 2.65 bits per heavy atom. The molecule has 0 aliphatic rings. The second-order valence-electron chi connectivity index (χ2n) is 3.71. The van der Waals surface area contributed by atoms with Gasteiger partial charge in [-0.3, -0.25) is 0 Å². The number of benzene rings is 1. The smallest absolute Gasteiger partial charge is 0.359 e. The third-order valence-corrected chi connectivity index (χ3v) is 2.89. The molecule has 1 aromatic heterocycles. The molecule has 104 valence electrons. The molecule has 0 amide bonds. The van der Waals surface area contributed by atoms with Crippen molar-refractivity contribution in [2.45, 2.75) is 0 Å². The molecule has 0 N–H and O–H groups in total. The molecule has 0 radical (unpaired) electrons. The van der Waals surface area contributed by atoms with Crippen LogP contribution >= 0.6 is 11.6 Å². The van der Waals surface area contributed by atoms with Gasteiger partial charge in [-0.25, -0.2) is 9.48 Å². The van der Waals surface area contributed by atoms with Crippen LogP contribution in [-0.2, 0) is 9.57 Å². The summed E-state index contributed by atoms with van der Waals surface area (Å²) in [4.78, 5) is 16.3. The summed E-state index contributed by atoms with van der Waals surface area (Å²) in [6, 6.07) is 9.19. The minimum Gasteiger partial charge on any atom is -0.464 e. The molecular weight excluding hydrogens is 282 g/mol. The normalized spacial score (nSPS) is 10.8. The van der Waals surface area contributed by atoms with Crippen molar-refractivity contribution in [2.75, 3.05) is 14.2 Å². The van der Waals surface area contributed by atoms with E-state index in [1.54, 1.807) is 0 Å². The molecule has 7 heteroatoms. The molecule has 0 fully saturated rings. The number of aromatic nitrogens is 2. The first-order chi connectivity index (χ1) is 9.69. The van der Waals surface area contributed by atoms with Crippen LogP contribution in [0.5, 0.6) is 0 Å². The van der Waals surface area contributed by atoms with E-state index in [-0.39, 0.29) is 10.8 Å². The molecular formula is C13H12ClN3O3. The molecule has 1 heterocycles. The summed E-state index contributed by atoms with van der Waals surface area (Å²) in [6.07, 6.45) is 1.32. The van der Waals surface area contributed by atoms with Crippen molar-refractivity contribution < 1.29 is 14.4 Å². The lowest BCUT2D eigenvalue weighted by Crippen LogP contribution is -2.06. The van der Waals surface area contributed by atoms with Crippen LogP contribution in [0.1, 0.15) is 16.1 Å². The molecule has 0 unspecified atom stereocenters. The van der Waals surface area contributed by atoms with Crippen LogP contribution in [0.2, 0.25) is 5.15 Å². The van der Waals surface area contributed by atoms with E-state index >= 15 is 0 Å². The van der Waals surface area contributed by atoms with Gasteiger partial charge < -0.3 is 9.57 Å². The highest BCUT2D eigenvalue weighted by Gasteiger charge is 2.22. The van der Waals surface area contributed by atoms with Crippen molar-refractivity contribution in [2.24, 2.45) is 5.16 Å². The summed E-state index contributed by atoms with van der Waals surface area (Å²) in [7, 11) is 2.67. The molecule has 0 aliphatic carbocycles. The van der Waals surface area contributed by atoms with Crippen LogP contribution in [0.3, 0.4) is 0 Å². The summed E-state index contributed by atoms with van der Waals surface area (Å²) in [5, 5.41) is 8.03. The fraction of sp³-hybridized carbons (Fsp3) is 0.154. The third-order valence-electron chi connectivity index (χ3n) is 2.53. The topological polar surface area (TPSA) is 65.7 Å². The van der Waals surface area contributed by atoms with Gasteiger partial charge in [0.15, 0.2) is 5.69 Å². The average Bonchev–Trinajstić information content (AvgIpc) is 2.82. The molecule has 0 saturated carbocycles. The largest absolute Gasteiger partial charge is 0.464 e. The quantitative estimate of drug-likeness (QED) is 0.493. The molecule has 0 bridgehead atoms. The van der Waals surface area contributed by atoms with Crippen LogP contribution in [0, 0.1) is 0 Å². The Balaban J connectivity index is 2.58. The first kappa shape index (κ1) is 14.1. The Morgan fingerprint density at radius 2 is 2.05 bits per heavy atom. The summed E-state index contributed by atoms with van der Waals surface area (Å²) in [6.45, 7) is 0. The molecule has 6 nitrogen and oxygen atoms in total. The Labute approximate surface area is 120 Å². The fourth-order valence-electron chi connectivity index (χ4n) is 1.62. The number of carbonyl (C=O) groups excluding carboxylic acids is 1. The maximum Gasteiger partial charge on any atom is 0.359 e. The van der Waals surface area contributed by atoms with Crippen LogP contribution in [-0.4, -0.2) is 36.2 Å². The molecule has 2 rings (SSSR count). The van der Waals surface area contributed by atoms with Gasteiger partial charge in [0.25, 0.3) is 0 Å². The first-order valence-electron chi connectivity index (χ1n) is 5.67. The van der Waals surface area contributed by atoms with Gasteiger partial charge in [-0.05, 0) is 12.1 Å².